The van der Waals surface area contributed by atoms with Crippen LogP contribution in [0.2, 0.25) is 0 Å². The Balaban J connectivity index is 0.00000225. The molecule has 3 aromatic rings. The Labute approximate surface area is 172 Å². The van der Waals surface area contributed by atoms with Gasteiger partial charge < -0.3 is 26.6 Å². The predicted octanol–water partition coefficient (Wildman–Crippen LogP) is 0.0849. The van der Waals surface area contributed by atoms with E-state index >= 15 is 0 Å². The lowest BCUT2D eigenvalue weighted by Gasteiger charge is -2.28. The molecule has 1 aromatic heterocycles. The van der Waals surface area contributed by atoms with Crippen LogP contribution < -0.4 is 17.3 Å². The highest BCUT2D eigenvalue weighted by molar-refractivity contribution is 6.10. The van der Waals surface area contributed by atoms with Gasteiger partial charge in [-0.15, -0.1) is 0 Å². The van der Waals surface area contributed by atoms with Gasteiger partial charge in [0.25, 0.3) is 0 Å². The van der Waals surface area contributed by atoms with E-state index in [1.807, 2.05) is 13.2 Å². The minimum atomic E-state index is 0. The third-order valence-electron chi connectivity index (χ3n) is 6.07. The molecule has 0 bridgehead atoms. The van der Waals surface area contributed by atoms with Crippen LogP contribution in [0.4, 0.5) is 0 Å². The molecule has 1 saturated heterocycles. The van der Waals surface area contributed by atoms with Crippen LogP contribution in [-0.2, 0) is 11.3 Å². The summed E-state index contributed by atoms with van der Waals surface area (Å²) in [6.07, 6.45) is 3.94. The fourth-order valence-electron chi connectivity index (χ4n) is 4.48. The Kier molecular flexibility index (Phi) is 6.76. The first-order valence-corrected chi connectivity index (χ1v) is 10.1. The third kappa shape index (κ3) is 4.09. The van der Waals surface area contributed by atoms with Crippen molar-refractivity contribution in [2.24, 2.45) is 0 Å². The van der Waals surface area contributed by atoms with E-state index in [1.165, 1.54) is 54.3 Å². The molecule has 0 amide bonds. The Morgan fingerprint density at radius 3 is 2.54 bits per heavy atom. The van der Waals surface area contributed by atoms with Gasteiger partial charge in [0.1, 0.15) is 0 Å². The Hall–Kier alpha value is -1.88. The number of fused-ring (bicyclic) bond motifs is 3. The molecular formula is C23H29ClN2O2. The van der Waals surface area contributed by atoms with E-state index in [0.29, 0.717) is 6.10 Å². The number of Topliss-reactive ketones (excluding diaryl/α,β-unsaturated/α-hetero) is 1. The van der Waals surface area contributed by atoms with Crippen molar-refractivity contribution in [3.63, 3.8) is 0 Å². The van der Waals surface area contributed by atoms with Gasteiger partial charge in [-0.05, 0) is 19.1 Å². The molecule has 1 fully saturated rings. The van der Waals surface area contributed by atoms with E-state index in [-0.39, 0.29) is 18.2 Å². The molecule has 1 aliphatic heterocycles. The van der Waals surface area contributed by atoms with Crippen LogP contribution in [-0.4, -0.2) is 43.2 Å². The van der Waals surface area contributed by atoms with Crippen molar-refractivity contribution in [3.05, 3.63) is 48.0 Å². The third-order valence-corrected chi connectivity index (χ3v) is 6.07. The number of halogens is 1. The first-order valence-electron chi connectivity index (χ1n) is 10.1. The van der Waals surface area contributed by atoms with Crippen molar-refractivity contribution in [2.75, 3.05) is 26.7 Å². The topological polar surface area (TPSA) is 35.7 Å². The fraction of sp³-hybridized carbons (Fsp3) is 0.435. The molecule has 5 heteroatoms. The second kappa shape index (κ2) is 9.08. The minimum absolute atomic E-state index is 0. The van der Waals surface area contributed by atoms with Crippen molar-refractivity contribution in [1.82, 2.24) is 4.57 Å². The highest BCUT2D eigenvalue weighted by atomic mass is 35.5. The van der Waals surface area contributed by atoms with E-state index in [2.05, 4.69) is 41.0 Å². The SMILES string of the molecule is COC1CC[NH+](CCCn2c3ccccc3c3ccc(C(C)=O)cc32)CC1.[Cl-]. The van der Waals surface area contributed by atoms with Crippen molar-refractivity contribution in [3.8, 4) is 0 Å². The maximum absolute atomic E-state index is 11.9. The molecule has 4 rings (SSSR count). The van der Waals surface area contributed by atoms with E-state index in [1.54, 1.807) is 11.8 Å². The van der Waals surface area contributed by atoms with Gasteiger partial charge >= 0.3 is 0 Å². The second-order valence-corrected chi connectivity index (χ2v) is 7.75. The normalized spacial score (nSPS) is 19.6. The number of hydrogen-bond donors (Lipinski definition) is 1. The Morgan fingerprint density at radius 1 is 1.11 bits per heavy atom. The van der Waals surface area contributed by atoms with Crippen molar-refractivity contribution >= 4 is 27.6 Å². The summed E-state index contributed by atoms with van der Waals surface area (Å²) in [5.41, 5.74) is 3.23. The standard InChI is InChI=1S/C23H28N2O2.ClH/c1-17(26)18-8-9-21-20-6-3-4-7-22(20)25(23(21)16-18)13-5-12-24-14-10-19(27-2)11-15-24;/h3-4,6-9,16,19H,5,10-15H2,1-2H3;1H. The smallest absolute Gasteiger partial charge is 0.159 e. The zero-order valence-electron chi connectivity index (χ0n) is 16.7. The fourth-order valence-corrected chi connectivity index (χ4v) is 4.48. The van der Waals surface area contributed by atoms with E-state index in [0.717, 1.165) is 18.5 Å². The number of likely N-dealkylation sites (tertiary alicyclic amines) is 1. The van der Waals surface area contributed by atoms with Crippen LogP contribution in [0.3, 0.4) is 0 Å². The first kappa shape index (κ1) is 20.8. The highest BCUT2D eigenvalue weighted by Crippen LogP contribution is 2.30. The Bertz CT molecular complexity index is 958. The van der Waals surface area contributed by atoms with Crippen LogP contribution in [0, 0.1) is 0 Å². The molecule has 0 unspecified atom stereocenters. The number of carbonyl (C=O) groups is 1. The monoisotopic (exact) mass is 400 g/mol. The van der Waals surface area contributed by atoms with Gasteiger partial charge in [0, 0.05) is 60.3 Å². The molecular weight excluding hydrogens is 372 g/mol. The molecule has 0 saturated carbocycles. The number of rotatable bonds is 6. The second-order valence-electron chi connectivity index (χ2n) is 7.75. The molecule has 2 heterocycles. The van der Waals surface area contributed by atoms with Crippen LogP contribution in [0.25, 0.3) is 21.8 Å². The molecule has 1 N–H and O–H groups in total. The summed E-state index contributed by atoms with van der Waals surface area (Å²) in [5, 5.41) is 2.51. The Morgan fingerprint density at radius 2 is 1.82 bits per heavy atom. The number of benzene rings is 2. The molecule has 0 aliphatic carbocycles. The van der Waals surface area contributed by atoms with Gasteiger partial charge in [0.15, 0.2) is 5.78 Å². The zero-order valence-corrected chi connectivity index (χ0v) is 17.5. The number of quaternary nitrogens is 1. The summed E-state index contributed by atoms with van der Waals surface area (Å²) in [7, 11) is 1.83. The molecule has 0 atom stereocenters. The maximum atomic E-state index is 11.9. The number of carbonyl (C=O) groups excluding carboxylic acids is 1. The van der Waals surface area contributed by atoms with Crippen LogP contribution in [0.15, 0.2) is 42.5 Å². The first-order chi connectivity index (χ1) is 13.2. The lowest BCUT2D eigenvalue weighted by molar-refractivity contribution is -0.906. The van der Waals surface area contributed by atoms with Gasteiger partial charge in [-0.2, -0.15) is 0 Å². The summed E-state index contributed by atoms with van der Waals surface area (Å²) in [6.45, 7) is 6.24. The molecule has 1 aliphatic rings. The molecule has 150 valence electrons. The summed E-state index contributed by atoms with van der Waals surface area (Å²) < 4.78 is 7.89. The van der Waals surface area contributed by atoms with E-state index < -0.39 is 0 Å². The van der Waals surface area contributed by atoms with Crippen molar-refractivity contribution < 1.29 is 26.8 Å². The van der Waals surface area contributed by atoms with E-state index in [9.17, 15) is 4.79 Å². The molecule has 0 radical (unpaired) electrons. The molecule has 0 spiro atoms. The largest absolute Gasteiger partial charge is 1.00 e. The van der Waals surface area contributed by atoms with Crippen LogP contribution >= 0.6 is 0 Å². The van der Waals surface area contributed by atoms with Gasteiger partial charge in [0.05, 0.1) is 25.7 Å². The number of ether oxygens (including phenoxy) is 1. The van der Waals surface area contributed by atoms with Crippen molar-refractivity contribution in [2.45, 2.75) is 38.8 Å². The number of piperidine rings is 1. The van der Waals surface area contributed by atoms with Crippen LogP contribution in [0.5, 0.6) is 0 Å². The highest BCUT2D eigenvalue weighted by Gasteiger charge is 2.21. The van der Waals surface area contributed by atoms with Gasteiger partial charge in [-0.25, -0.2) is 0 Å². The maximum Gasteiger partial charge on any atom is 0.159 e. The number of nitrogens with zero attached hydrogens (tertiary/aromatic N) is 1. The number of para-hydroxylation sites is 1. The average molecular weight is 401 g/mol. The predicted molar refractivity (Wildman–Crippen MR) is 110 cm³/mol. The molecule has 4 nitrogen and oxygen atoms in total. The zero-order chi connectivity index (χ0) is 18.8. The lowest BCUT2D eigenvalue weighted by atomic mass is 10.1. The lowest BCUT2D eigenvalue weighted by Crippen LogP contribution is -3.13. The summed E-state index contributed by atoms with van der Waals surface area (Å²) >= 11 is 0. The van der Waals surface area contributed by atoms with Gasteiger partial charge in [-0.1, -0.05) is 30.3 Å². The van der Waals surface area contributed by atoms with Gasteiger partial charge in [0.2, 0.25) is 0 Å². The average Bonchev–Trinajstić information content (AvgIpc) is 3.02. The number of nitrogens with one attached hydrogen (secondary N) is 1. The van der Waals surface area contributed by atoms with E-state index in [4.69, 9.17) is 4.74 Å². The molecule has 2 aromatic carbocycles. The summed E-state index contributed by atoms with van der Waals surface area (Å²) in [5.74, 6) is 0.124. The number of hydrogen-bond acceptors (Lipinski definition) is 2. The number of aromatic nitrogens is 1. The van der Waals surface area contributed by atoms with Crippen molar-refractivity contribution in [1.29, 1.82) is 0 Å². The van der Waals surface area contributed by atoms with Crippen LogP contribution in [0.1, 0.15) is 36.5 Å². The minimum Gasteiger partial charge on any atom is -1.00 e. The number of methoxy groups -OCH3 is 1. The van der Waals surface area contributed by atoms with Gasteiger partial charge in [-0.3, -0.25) is 4.79 Å². The quantitative estimate of drug-likeness (QED) is 0.595. The number of ketones is 1. The summed E-state index contributed by atoms with van der Waals surface area (Å²) in [4.78, 5) is 13.6. The molecule has 28 heavy (non-hydrogen) atoms. The summed E-state index contributed by atoms with van der Waals surface area (Å²) in [6, 6.07) is 14.7. The number of aryl methyl sites for hydroxylation is 1.